The van der Waals surface area contributed by atoms with Crippen LogP contribution in [0.1, 0.15) is 40.0 Å². The van der Waals surface area contributed by atoms with Crippen molar-refractivity contribution in [3.63, 3.8) is 0 Å². The Hall–Kier alpha value is -2.80. The van der Waals surface area contributed by atoms with E-state index in [0.717, 1.165) is 55.2 Å². The van der Waals surface area contributed by atoms with Gasteiger partial charge in [-0.2, -0.15) is 0 Å². The predicted molar refractivity (Wildman–Crippen MR) is 112 cm³/mol. The fraction of sp³-hybridized carbons (Fsp3) is 0.455. The summed E-state index contributed by atoms with van der Waals surface area (Å²) in [4.78, 5) is 29.8. The number of H-pyrrole nitrogens is 1. The van der Waals surface area contributed by atoms with Crippen molar-refractivity contribution in [2.75, 3.05) is 27.3 Å². The van der Waals surface area contributed by atoms with Crippen LogP contribution < -0.4 is 20.3 Å². The number of nitrogens with one attached hydrogen (secondary N) is 2. The van der Waals surface area contributed by atoms with Crippen LogP contribution in [0.2, 0.25) is 0 Å². The van der Waals surface area contributed by atoms with E-state index in [9.17, 15) is 9.59 Å². The highest BCUT2D eigenvalue weighted by atomic mass is 16.5. The summed E-state index contributed by atoms with van der Waals surface area (Å²) < 4.78 is 10.7. The summed E-state index contributed by atoms with van der Waals surface area (Å²) in [6.07, 6.45) is 1.70. The molecule has 29 heavy (non-hydrogen) atoms. The van der Waals surface area contributed by atoms with Gasteiger partial charge >= 0.3 is 0 Å². The quantitative estimate of drug-likeness (QED) is 0.779. The first-order valence-corrected chi connectivity index (χ1v) is 9.86. The standard InChI is InChI=1S/C22H29N3O4/c1-14-11-15(2)23-21(26)20(14)22(27)24-17-7-9-25(10-8-17)13-16-5-6-18(28-3)19(12-16)29-4/h5-6,11-12,17H,7-10,13H2,1-4H3,(H,23,26)(H,24,27). The summed E-state index contributed by atoms with van der Waals surface area (Å²) in [6, 6.07) is 7.86. The van der Waals surface area contributed by atoms with E-state index in [1.165, 1.54) is 0 Å². The number of methoxy groups -OCH3 is 2. The zero-order valence-corrected chi connectivity index (χ0v) is 17.5. The fourth-order valence-electron chi connectivity index (χ4n) is 3.87. The average Bonchev–Trinajstić information content (AvgIpc) is 2.68. The largest absolute Gasteiger partial charge is 0.493 e. The second kappa shape index (κ2) is 9.13. The van der Waals surface area contributed by atoms with Gasteiger partial charge in [0.25, 0.3) is 11.5 Å². The number of hydrogen-bond acceptors (Lipinski definition) is 5. The lowest BCUT2D eigenvalue weighted by Crippen LogP contribution is -2.45. The molecule has 7 nitrogen and oxygen atoms in total. The summed E-state index contributed by atoms with van der Waals surface area (Å²) in [5.41, 5.74) is 2.50. The van der Waals surface area contributed by atoms with Crippen LogP contribution in [0, 0.1) is 13.8 Å². The van der Waals surface area contributed by atoms with E-state index in [2.05, 4.69) is 15.2 Å². The Bertz CT molecular complexity index is 930. The number of pyridine rings is 1. The molecule has 3 rings (SSSR count). The molecule has 1 aliphatic heterocycles. The number of hydrogen-bond donors (Lipinski definition) is 2. The molecule has 156 valence electrons. The Morgan fingerprint density at radius 2 is 1.83 bits per heavy atom. The van der Waals surface area contributed by atoms with Crippen LogP contribution in [-0.4, -0.2) is 49.1 Å². The van der Waals surface area contributed by atoms with Gasteiger partial charge in [0.2, 0.25) is 0 Å². The van der Waals surface area contributed by atoms with E-state index >= 15 is 0 Å². The molecule has 0 aliphatic carbocycles. The zero-order valence-electron chi connectivity index (χ0n) is 17.5. The third-order valence-corrected chi connectivity index (χ3v) is 5.37. The molecule has 2 N–H and O–H groups in total. The maximum Gasteiger partial charge on any atom is 0.261 e. The van der Waals surface area contributed by atoms with E-state index in [0.29, 0.717) is 5.56 Å². The maximum atomic E-state index is 12.6. The lowest BCUT2D eigenvalue weighted by atomic mass is 10.0. The number of aromatic amines is 1. The molecule has 2 aromatic rings. The number of carbonyl (C=O) groups excluding carboxylic acids is 1. The minimum atomic E-state index is -0.328. The van der Waals surface area contributed by atoms with Gasteiger partial charge < -0.3 is 19.8 Å². The molecule has 0 saturated carbocycles. The number of benzene rings is 1. The minimum Gasteiger partial charge on any atom is -0.493 e. The van der Waals surface area contributed by atoms with Gasteiger partial charge in [0, 0.05) is 31.4 Å². The first kappa shape index (κ1) is 20.9. The fourth-order valence-corrected chi connectivity index (χ4v) is 3.87. The van der Waals surface area contributed by atoms with Crippen molar-refractivity contribution < 1.29 is 14.3 Å². The average molecular weight is 399 g/mol. The first-order valence-electron chi connectivity index (χ1n) is 9.86. The molecular weight excluding hydrogens is 370 g/mol. The Labute approximate surface area is 171 Å². The van der Waals surface area contributed by atoms with Crippen molar-refractivity contribution in [2.45, 2.75) is 39.3 Å². The molecule has 1 aromatic carbocycles. The summed E-state index contributed by atoms with van der Waals surface area (Å²) in [7, 11) is 3.26. The molecule has 0 spiro atoms. The van der Waals surface area contributed by atoms with Gasteiger partial charge in [0.1, 0.15) is 5.56 Å². The number of nitrogens with zero attached hydrogens (tertiary/aromatic N) is 1. The highest BCUT2D eigenvalue weighted by Crippen LogP contribution is 2.28. The Balaban J connectivity index is 1.56. The van der Waals surface area contributed by atoms with Crippen LogP contribution in [0.5, 0.6) is 11.5 Å². The topological polar surface area (TPSA) is 83.7 Å². The van der Waals surface area contributed by atoms with Crippen LogP contribution in [0.15, 0.2) is 29.1 Å². The lowest BCUT2D eigenvalue weighted by Gasteiger charge is -2.32. The molecule has 0 atom stereocenters. The molecule has 0 bridgehead atoms. The smallest absolute Gasteiger partial charge is 0.261 e. The van der Waals surface area contributed by atoms with Crippen LogP contribution in [0.3, 0.4) is 0 Å². The van der Waals surface area contributed by atoms with Crippen molar-refractivity contribution in [3.05, 3.63) is 57.0 Å². The van der Waals surface area contributed by atoms with E-state index < -0.39 is 0 Å². The van der Waals surface area contributed by atoms with Gasteiger partial charge in [-0.25, -0.2) is 0 Å². The van der Waals surface area contributed by atoms with Crippen molar-refractivity contribution in [1.82, 2.24) is 15.2 Å². The van der Waals surface area contributed by atoms with E-state index in [4.69, 9.17) is 9.47 Å². The number of ether oxygens (including phenoxy) is 2. The van der Waals surface area contributed by atoms with Crippen molar-refractivity contribution in [1.29, 1.82) is 0 Å². The summed E-state index contributed by atoms with van der Waals surface area (Å²) in [5.74, 6) is 1.16. The maximum absolute atomic E-state index is 12.6. The Kier molecular flexibility index (Phi) is 6.59. The molecule has 1 aliphatic rings. The molecule has 0 radical (unpaired) electrons. The summed E-state index contributed by atoms with van der Waals surface area (Å²) >= 11 is 0. The van der Waals surface area contributed by atoms with Gasteiger partial charge in [0.05, 0.1) is 14.2 Å². The monoisotopic (exact) mass is 399 g/mol. The first-order chi connectivity index (χ1) is 13.9. The number of piperidine rings is 1. The van der Waals surface area contributed by atoms with E-state index in [1.807, 2.05) is 31.2 Å². The van der Waals surface area contributed by atoms with E-state index in [-0.39, 0.29) is 23.1 Å². The highest BCUT2D eigenvalue weighted by Gasteiger charge is 2.23. The number of likely N-dealkylation sites (tertiary alicyclic amines) is 1. The van der Waals surface area contributed by atoms with Crippen LogP contribution in [0.4, 0.5) is 0 Å². The minimum absolute atomic E-state index is 0.0734. The number of carbonyl (C=O) groups is 1. The third kappa shape index (κ3) is 4.98. The highest BCUT2D eigenvalue weighted by molar-refractivity contribution is 5.95. The zero-order chi connectivity index (χ0) is 21.0. The van der Waals surface area contributed by atoms with Crippen LogP contribution in [0.25, 0.3) is 0 Å². The van der Waals surface area contributed by atoms with Gasteiger partial charge in [0.15, 0.2) is 11.5 Å². The number of aromatic nitrogens is 1. The molecule has 1 amide bonds. The van der Waals surface area contributed by atoms with Crippen molar-refractivity contribution in [3.8, 4) is 11.5 Å². The third-order valence-electron chi connectivity index (χ3n) is 5.37. The SMILES string of the molecule is COc1ccc(CN2CCC(NC(=O)c3c(C)cc(C)[nH]c3=O)CC2)cc1OC. The van der Waals surface area contributed by atoms with Gasteiger partial charge in [-0.3, -0.25) is 14.5 Å². The second-order valence-electron chi connectivity index (χ2n) is 7.55. The summed E-state index contributed by atoms with van der Waals surface area (Å²) in [6.45, 7) is 6.18. The molecule has 2 heterocycles. The molecule has 0 unspecified atom stereocenters. The number of rotatable bonds is 6. The Morgan fingerprint density at radius 3 is 2.45 bits per heavy atom. The normalized spacial score (nSPS) is 15.2. The molecule has 1 saturated heterocycles. The van der Waals surface area contributed by atoms with Gasteiger partial charge in [-0.05, 0) is 56.0 Å². The predicted octanol–water partition coefficient (Wildman–Crippen LogP) is 2.40. The number of aryl methyl sites for hydroxylation is 2. The van der Waals surface area contributed by atoms with E-state index in [1.54, 1.807) is 21.1 Å². The molecule has 1 aromatic heterocycles. The molecule has 1 fully saturated rings. The number of amides is 1. The van der Waals surface area contributed by atoms with Crippen LogP contribution in [-0.2, 0) is 6.54 Å². The van der Waals surface area contributed by atoms with Gasteiger partial charge in [-0.1, -0.05) is 6.07 Å². The lowest BCUT2D eigenvalue weighted by molar-refractivity contribution is 0.0906. The van der Waals surface area contributed by atoms with Gasteiger partial charge in [-0.15, -0.1) is 0 Å². The van der Waals surface area contributed by atoms with Crippen LogP contribution >= 0.6 is 0 Å². The summed E-state index contributed by atoms with van der Waals surface area (Å²) in [5, 5.41) is 3.03. The van der Waals surface area contributed by atoms with Crippen molar-refractivity contribution in [2.24, 2.45) is 0 Å². The second-order valence-corrected chi connectivity index (χ2v) is 7.55. The Morgan fingerprint density at radius 1 is 1.14 bits per heavy atom. The molecular formula is C22H29N3O4. The van der Waals surface area contributed by atoms with Crippen molar-refractivity contribution >= 4 is 5.91 Å². The molecule has 7 heteroatoms.